The molecule has 17 heavy (non-hydrogen) atoms. The molecule has 0 aliphatic carbocycles. The quantitative estimate of drug-likeness (QED) is 0.704. The van der Waals surface area contributed by atoms with Crippen molar-refractivity contribution in [1.82, 2.24) is 15.5 Å². The molecule has 0 aromatic heterocycles. The van der Waals surface area contributed by atoms with E-state index in [9.17, 15) is 4.79 Å². The highest BCUT2D eigenvalue weighted by molar-refractivity contribution is 5.82. The number of hydrogen-bond donors (Lipinski definition) is 2. The molecule has 2 N–H and O–H groups in total. The summed E-state index contributed by atoms with van der Waals surface area (Å²) >= 11 is 0. The number of piperazine rings is 1. The number of hydrogen-bond acceptors (Lipinski definition) is 3. The van der Waals surface area contributed by atoms with Crippen LogP contribution in [0.25, 0.3) is 0 Å². The van der Waals surface area contributed by atoms with Gasteiger partial charge in [-0.25, -0.2) is 0 Å². The molecule has 0 aromatic carbocycles. The fraction of sp³-hybridized carbons (Fsp3) is 0.923. The number of likely N-dealkylation sites (tertiary alicyclic amines) is 1. The van der Waals surface area contributed by atoms with Crippen LogP contribution in [0.2, 0.25) is 0 Å². The van der Waals surface area contributed by atoms with Crippen LogP contribution in [-0.2, 0) is 4.79 Å². The number of amides is 1. The lowest BCUT2D eigenvalue weighted by Crippen LogP contribution is -2.61. The minimum Gasteiger partial charge on any atom is -0.338 e. The van der Waals surface area contributed by atoms with Crippen LogP contribution in [0, 0.1) is 5.92 Å². The molecule has 2 aliphatic rings. The molecular formula is C13H25N3O. The van der Waals surface area contributed by atoms with Gasteiger partial charge < -0.3 is 15.5 Å². The van der Waals surface area contributed by atoms with Crippen molar-refractivity contribution in [2.24, 2.45) is 5.92 Å². The molecule has 4 atom stereocenters. The van der Waals surface area contributed by atoms with Crippen LogP contribution < -0.4 is 10.6 Å². The molecule has 98 valence electrons. The Hall–Kier alpha value is -0.610. The predicted molar refractivity (Wildman–Crippen MR) is 68.8 cm³/mol. The average Bonchev–Trinajstić information content (AvgIpc) is 2.33. The summed E-state index contributed by atoms with van der Waals surface area (Å²) in [5.74, 6) is 0.909. The highest BCUT2D eigenvalue weighted by atomic mass is 16.2. The Morgan fingerprint density at radius 3 is 2.59 bits per heavy atom. The van der Waals surface area contributed by atoms with Crippen molar-refractivity contribution in [2.45, 2.75) is 51.7 Å². The monoisotopic (exact) mass is 239 g/mol. The van der Waals surface area contributed by atoms with Gasteiger partial charge in [-0.15, -0.1) is 0 Å². The Kier molecular flexibility index (Phi) is 4.05. The van der Waals surface area contributed by atoms with Gasteiger partial charge in [-0.1, -0.05) is 6.92 Å². The van der Waals surface area contributed by atoms with Crippen LogP contribution in [0.1, 0.15) is 33.6 Å². The Morgan fingerprint density at radius 1 is 1.18 bits per heavy atom. The van der Waals surface area contributed by atoms with Crippen LogP contribution in [0.15, 0.2) is 0 Å². The molecule has 4 heteroatoms. The van der Waals surface area contributed by atoms with Gasteiger partial charge in [-0.05, 0) is 32.6 Å². The molecule has 4 unspecified atom stereocenters. The second-order valence-corrected chi connectivity index (χ2v) is 5.66. The molecule has 0 radical (unpaired) electrons. The maximum absolute atomic E-state index is 12.4. The molecule has 0 spiro atoms. The first kappa shape index (κ1) is 12.8. The van der Waals surface area contributed by atoms with Crippen molar-refractivity contribution in [3.63, 3.8) is 0 Å². The lowest BCUT2D eigenvalue weighted by molar-refractivity contribution is -0.138. The standard InChI is InChI=1S/C13H25N3O/c1-9-5-4-6-16(11(9)3)13(17)12-8-14-10(2)7-15-12/h9-12,14-15H,4-8H2,1-3H3. The Labute approximate surface area is 104 Å². The Balaban J connectivity index is 1.94. The summed E-state index contributed by atoms with van der Waals surface area (Å²) in [6.07, 6.45) is 2.39. The van der Waals surface area contributed by atoms with E-state index < -0.39 is 0 Å². The summed E-state index contributed by atoms with van der Waals surface area (Å²) < 4.78 is 0. The second kappa shape index (κ2) is 5.36. The van der Waals surface area contributed by atoms with Crippen molar-refractivity contribution in [3.8, 4) is 0 Å². The van der Waals surface area contributed by atoms with Crippen LogP contribution >= 0.6 is 0 Å². The van der Waals surface area contributed by atoms with E-state index in [0.717, 1.165) is 26.1 Å². The van der Waals surface area contributed by atoms with Crippen LogP contribution in [-0.4, -0.2) is 48.6 Å². The molecule has 2 aliphatic heterocycles. The van der Waals surface area contributed by atoms with Crippen LogP contribution in [0.3, 0.4) is 0 Å². The van der Waals surface area contributed by atoms with Crippen molar-refractivity contribution < 1.29 is 4.79 Å². The molecule has 2 saturated heterocycles. The minimum atomic E-state index is -0.0288. The zero-order valence-corrected chi connectivity index (χ0v) is 11.2. The van der Waals surface area contributed by atoms with Gasteiger partial charge in [0, 0.05) is 31.7 Å². The summed E-state index contributed by atoms with van der Waals surface area (Å²) in [5.41, 5.74) is 0. The summed E-state index contributed by atoms with van der Waals surface area (Å²) in [6.45, 7) is 9.14. The number of piperidine rings is 1. The Morgan fingerprint density at radius 2 is 1.94 bits per heavy atom. The van der Waals surface area contributed by atoms with Gasteiger partial charge in [0.15, 0.2) is 0 Å². The molecule has 2 fully saturated rings. The third-order valence-corrected chi connectivity index (χ3v) is 4.30. The number of nitrogens with one attached hydrogen (secondary N) is 2. The first-order valence-electron chi connectivity index (χ1n) is 6.87. The smallest absolute Gasteiger partial charge is 0.241 e. The minimum absolute atomic E-state index is 0.0288. The lowest BCUT2D eigenvalue weighted by atomic mass is 9.91. The largest absolute Gasteiger partial charge is 0.338 e. The van der Waals surface area contributed by atoms with Crippen LogP contribution in [0.5, 0.6) is 0 Å². The number of nitrogens with zero attached hydrogens (tertiary/aromatic N) is 1. The number of carbonyl (C=O) groups is 1. The first-order chi connectivity index (χ1) is 8.09. The highest BCUT2D eigenvalue weighted by Gasteiger charge is 2.33. The van der Waals surface area contributed by atoms with Gasteiger partial charge in [0.1, 0.15) is 0 Å². The average molecular weight is 239 g/mol. The summed E-state index contributed by atoms with van der Waals surface area (Å²) in [5, 5.41) is 6.72. The van der Waals surface area contributed by atoms with Gasteiger partial charge in [0.2, 0.25) is 5.91 Å². The molecular weight excluding hydrogens is 214 g/mol. The third kappa shape index (κ3) is 2.80. The van der Waals surface area contributed by atoms with E-state index in [0.29, 0.717) is 18.0 Å². The molecule has 2 rings (SSSR count). The fourth-order valence-electron chi connectivity index (χ4n) is 2.80. The predicted octanol–water partition coefficient (Wildman–Crippen LogP) is 0.583. The lowest BCUT2D eigenvalue weighted by Gasteiger charge is -2.41. The topological polar surface area (TPSA) is 44.4 Å². The van der Waals surface area contributed by atoms with E-state index in [1.54, 1.807) is 0 Å². The molecule has 2 heterocycles. The van der Waals surface area contributed by atoms with E-state index in [2.05, 4.69) is 36.3 Å². The molecule has 0 bridgehead atoms. The van der Waals surface area contributed by atoms with Gasteiger partial charge in [0.05, 0.1) is 6.04 Å². The Bertz CT molecular complexity index is 274. The van der Waals surface area contributed by atoms with Gasteiger partial charge in [0.25, 0.3) is 0 Å². The summed E-state index contributed by atoms with van der Waals surface area (Å²) in [6, 6.07) is 0.827. The van der Waals surface area contributed by atoms with E-state index in [1.807, 2.05) is 0 Å². The van der Waals surface area contributed by atoms with Crippen molar-refractivity contribution in [1.29, 1.82) is 0 Å². The summed E-state index contributed by atoms with van der Waals surface area (Å²) in [4.78, 5) is 14.5. The first-order valence-corrected chi connectivity index (χ1v) is 6.87. The van der Waals surface area contributed by atoms with E-state index in [4.69, 9.17) is 0 Å². The summed E-state index contributed by atoms with van der Waals surface area (Å²) in [7, 11) is 0. The second-order valence-electron chi connectivity index (χ2n) is 5.66. The van der Waals surface area contributed by atoms with E-state index in [-0.39, 0.29) is 11.9 Å². The highest BCUT2D eigenvalue weighted by Crippen LogP contribution is 2.23. The van der Waals surface area contributed by atoms with E-state index >= 15 is 0 Å². The zero-order valence-electron chi connectivity index (χ0n) is 11.2. The maximum Gasteiger partial charge on any atom is 0.241 e. The molecule has 0 saturated carbocycles. The fourth-order valence-corrected chi connectivity index (χ4v) is 2.80. The van der Waals surface area contributed by atoms with Crippen molar-refractivity contribution in [2.75, 3.05) is 19.6 Å². The normalized spacial score (nSPS) is 39.1. The molecule has 1 amide bonds. The van der Waals surface area contributed by atoms with Crippen LogP contribution in [0.4, 0.5) is 0 Å². The van der Waals surface area contributed by atoms with Gasteiger partial charge in [-0.2, -0.15) is 0 Å². The molecule has 4 nitrogen and oxygen atoms in total. The van der Waals surface area contributed by atoms with E-state index in [1.165, 1.54) is 6.42 Å². The number of carbonyl (C=O) groups excluding carboxylic acids is 1. The van der Waals surface area contributed by atoms with Crippen molar-refractivity contribution >= 4 is 5.91 Å². The molecule has 0 aromatic rings. The SMILES string of the molecule is CC1CNC(C(=O)N2CCCC(C)C2C)CN1. The zero-order chi connectivity index (χ0) is 12.4. The van der Waals surface area contributed by atoms with Gasteiger partial charge >= 0.3 is 0 Å². The van der Waals surface area contributed by atoms with Gasteiger partial charge in [-0.3, -0.25) is 4.79 Å². The number of rotatable bonds is 1. The van der Waals surface area contributed by atoms with Crippen molar-refractivity contribution in [3.05, 3.63) is 0 Å². The maximum atomic E-state index is 12.4. The third-order valence-electron chi connectivity index (χ3n) is 4.30.